The number of nitrogens with zero attached hydrogens (tertiary/aromatic N) is 1. The van der Waals surface area contributed by atoms with Crippen LogP contribution in [0.4, 0.5) is 0 Å². The molecule has 0 amide bonds. The number of nitro groups is 1. The Morgan fingerprint density at radius 1 is 1.58 bits per heavy atom. The molecule has 0 unspecified atom stereocenters. The van der Waals surface area contributed by atoms with E-state index in [-0.39, 0.29) is 4.90 Å². The molecule has 0 saturated heterocycles. The van der Waals surface area contributed by atoms with Gasteiger partial charge in [-0.25, -0.2) is 8.42 Å². The average molecular weight is 207 g/mol. The van der Waals surface area contributed by atoms with Crippen LogP contribution in [0.5, 0.6) is 0 Å². The summed E-state index contributed by atoms with van der Waals surface area (Å²) in [5, 5.41) is 12.9. The molecule has 0 spiro atoms. The molecule has 1 rings (SSSR count). The fourth-order valence-corrected chi connectivity index (χ4v) is 2.70. The van der Waals surface area contributed by atoms with Crippen molar-refractivity contribution in [2.45, 2.75) is 4.90 Å². The fourth-order valence-electron chi connectivity index (χ4n) is 0.642. The van der Waals surface area contributed by atoms with Gasteiger partial charge in [0.25, 0.3) is 0 Å². The summed E-state index contributed by atoms with van der Waals surface area (Å²) in [6.45, 7) is 0. The lowest BCUT2D eigenvalue weighted by Crippen LogP contribution is -2.13. The van der Waals surface area contributed by atoms with E-state index in [1.54, 1.807) is 5.38 Å². The molecule has 0 aliphatic carbocycles. The van der Waals surface area contributed by atoms with Gasteiger partial charge in [0.05, 0.1) is 4.90 Å². The number of thiophene rings is 1. The third-order valence-corrected chi connectivity index (χ3v) is 3.48. The topological polar surface area (TPSA) is 77.3 Å². The molecule has 1 aromatic rings. The van der Waals surface area contributed by atoms with Crippen molar-refractivity contribution < 1.29 is 13.3 Å². The predicted molar refractivity (Wildman–Crippen MR) is 43.4 cm³/mol. The predicted octanol–water partition coefficient (Wildman–Crippen LogP) is 0.756. The Bertz CT molecular complexity index is 366. The van der Waals surface area contributed by atoms with Gasteiger partial charge in [-0.3, -0.25) is 10.1 Å². The Morgan fingerprint density at radius 2 is 2.25 bits per heavy atom. The van der Waals surface area contributed by atoms with E-state index in [9.17, 15) is 18.5 Å². The molecule has 0 atom stereocenters. The molecule has 7 heteroatoms. The fraction of sp³-hybridized carbons (Fsp3) is 0.200. The molecule has 1 aromatic heterocycles. The summed E-state index contributed by atoms with van der Waals surface area (Å²) in [5.74, 6) is -1.04. The first-order valence-corrected chi connectivity index (χ1v) is 5.48. The molecule has 0 fully saturated rings. The van der Waals surface area contributed by atoms with E-state index in [1.165, 1.54) is 22.8 Å². The van der Waals surface area contributed by atoms with Crippen LogP contribution >= 0.6 is 11.3 Å². The van der Waals surface area contributed by atoms with E-state index in [0.29, 0.717) is 0 Å². The second-order valence-corrected chi connectivity index (χ2v) is 4.77. The summed E-state index contributed by atoms with van der Waals surface area (Å²) < 4.78 is 22.1. The second-order valence-electron chi connectivity index (χ2n) is 2.04. The van der Waals surface area contributed by atoms with Gasteiger partial charge in [-0.15, -0.1) is 0 Å². The largest absolute Gasteiger partial charge is 0.305 e. The Morgan fingerprint density at radius 3 is 2.67 bits per heavy atom. The minimum atomic E-state index is -3.70. The van der Waals surface area contributed by atoms with Crippen molar-refractivity contribution in [3.8, 4) is 0 Å². The summed E-state index contributed by atoms with van der Waals surface area (Å²) in [7, 11) is -3.70. The third-order valence-electron chi connectivity index (χ3n) is 1.13. The number of hydrogen-bond acceptors (Lipinski definition) is 5. The van der Waals surface area contributed by atoms with Gasteiger partial charge in [0, 0.05) is 10.3 Å². The first-order chi connectivity index (χ1) is 5.52. The zero-order valence-corrected chi connectivity index (χ0v) is 7.47. The summed E-state index contributed by atoms with van der Waals surface area (Å²) in [4.78, 5) is 9.10. The highest BCUT2D eigenvalue weighted by Crippen LogP contribution is 2.14. The van der Waals surface area contributed by atoms with Crippen LogP contribution in [0.1, 0.15) is 0 Å². The van der Waals surface area contributed by atoms with Gasteiger partial charge in [0.1, 0.15) is 0 Å². The maximum Gasteiger partial charge on any atom is 0.305 e. The smallest absolute Gasteiger partial charge is 0.263 e. The molecule has 0 aromatic carbocycles. The minimum Gasteiger partial charge on any atom is -0.263 e. The normalized spacial score (nSPS) is 11.3. The zero-order valence-electron chi connectivity index (χ0n) is 5.84. The van der Waals surface area contributed by atoms with Gasteiger partial charge < -0.3 is 0 Å². The summed E-state index contributed by atoms with van der Waals surface area (Å²) in [6.07, 6.45) is 0. The van der Waals surface area contributed by atoms with Gasteiger partial charge in [0.2, 0.25) is 9.84 Å². The lowest BCUT2D eigenvalue weighted by molar-refractivity contribution is -0.458. The zero-order chi connectivity index (χ0) is 9.19. The Labute approximate surface area is 72.7 Å². The second kappa shape index (κ2) is 3.20. The quantitative estimate of drug-likeness (QED) is 0.541. The van der Waals surface area contributed by atoms with Crippen LogP contribution in [0.15, 0.2) is 21.7 Å². The molecule has 1 heterocycles. The van der Waals surface area contributed by atoms with Gasteiger partial charge in [-0.05, 0) is 11.4 Å². The van der Waals surface area contributed by atoms with Crippen LogP contribution in [0, 0.1) is 10.1 Å². The highest BCUT2D eigenvalue weighted by Gasteiger charge is 2.20. The van der Waals surface area contributed by atoms with Gasteiger partial charge in [0.15, 0.2) is 0 Å². The molecule has 66 valence electrons. The van der Waals surface area contributed by atoms with Gasteiger partial charge in [-0.2, -0.15) is 11.3 Å². The van der Waals surface area contributed by atoms with Crippen molar-refractivity contribution in [1.82, 2.24) is 0 Å². The van der Waals surface area contributed by atoms with E-state index in [4.69, 9.17) is 0 Å². The van der Waals surface area contributed by atoms with Gasteiger partial charge in [-0.1, -0.05) is 0 Å². The van der Waals surface area contributed by atoms with Crippen molar-refractivity contribution in [3.05, 3.63) is 26.9 Å². The minimum absolute atomic E-state index is 0.0178. The summed E-state index contributed by atoms with van der Waals surface area (Å²) in [5.41, 5.74) is 0. The van der Waals surface area contributed by atoms with Crippen LogP contribution in [-0.2, 0) is 9.84 Å². The van der Waals surface area contributed by atoms with Gasteiger partial charge >= 0.3 is 5.88 Å². The molecule has 0 bridgehead atoms. The van der Waals surface area contributed by atoms with Crippen molar-refractivity contribution in [1.29, 1.82) is 0 Å². The Kier molecular flexibility index (Phi) is 2.43. The first-order valence-electron chi connectivity index (χ1n) is 2.89. The molecule has 0 saturated carbocycles. The molecule has 0 radical (unpaired) electrons. The van der Waals surface area contributed by atoms with Crippen LogP contribution < -0.4 is 0 Å². The standard InChI is InChI=1S/C5H5NO4S2/c7-6(8)4-12(9,10)5-1-2-11-3-5/h1-3H,4H2. The molecule has 0 N–H and O–H groups in total. The maximum absolute atomic E-state index is 11.1. The molecular weight excluding hydrogens is 202 g/mol. The van der Waals surface area contributed by atoms with E-state index < -0.39 is 20.6 Å². The number of rotatable bonds is 3. The molecule has 12 heavy (non-hydrogen) atoms. The lowest BCUT2D eigenvalue weighted by Gasteiger charge is -1.93. The molecular formula is C5H5NO4S2. The molecule has 5 nitrogen and oxygen atoms in total. The van der Waals surface area contributed by atoms with Crippen LogP contribution in [0.25, 0.3) is 0 Å². The van der Waals surface area contributed by atoms with Crippen molar-refractivity contribution in [2.24, 2.45) is 0 Å². The monoisotopic (exact) mass is 207 g/mol. The van der Waals surface area contributed by atoms with E-state index >= 15 is 0 Å². The molecule has 0 aliphatic heterocycles. The van der Waals surface area contributed by atoms with Crippen molar-refractivity contribution >= 4 is 21.2 Å². The van der Waals surface area contributed by atoms with Crippen LogP contribution in [0.2, 0.25) is 0 Å². The molecule has 0 aliphatic rings. The SMILES string of the molecule is O=[N+]([O-])CS(=O)(=O)c1ccsc1. The van der Waals surface area contributed by atoms with E-state index in [0.717, 1.165) is 0 Å². The summed E-state index contributed by atoms with van der Waals surface area (Å²) >= 11 is 1.19. The lowest BCUT2D eigenvalue weighted by atomic mass is 10.7. The Balaban J connectivity index is 2.96. The highest BCUT2D eigenvalue weighted by molar-refractivity contribution is 7.91. The number of hydrogen-bond donors (Lipinski definition) is 0. The van der Waals surface area contributed by atoms with E-state index in [2.05, 4.69) is 0 Å². The van der Waals surface area contributed by atoms with Crippen LogP contribution in [-0.4, -0.2) is 19.2 Å². The van der Waals surface area contributed by atoms with E-state index in [1.807, 2.05) is 0 Å². The summed E-state index contributed by atoms with van der Waals surface area (Å²) in [6, 6.07) is 1.35. The third kappa shape index (κ3) is 2.02. The Hall–Kier alpha value is -0.950. The average Bonchev–Trinajstić information content (AvgIpc) is 2.32. The van der Waals surface area contributed by atoms with Crippen LogP contribution in [0.3, 0.4) is 0 Å². The van der Waals surface area contributed by atoms with Crippen molar-refractivity contribution in [3.63, 3.8) is 0 Å². The maximum atomic E-state index is 11.1. The van der Waals surface area contributed by atoms with Crippen molar-refractivity contribution in [2.75, 3.05) is 5.88 Å². The number of sulfone groups is 1. The highest BCUT2D eigenvalue weighted by atomic mass is 32.2. The first kappa shape index (κ1) is 9.14.